The zero-order valence-corrected chi connectivity index (χ0v) is 18.6. The molecular formula is C23H29FN4O3. The highest BCUT2D eigenvalue weighted by atomic mass is 19.1. The summed E-state index contributed by atoms with van der Waals surface area (Å²) in [5.41, 5.74) is 3.30. The minimum absolute atomic E-state index is 0.249. The first kappa shape index (κ1) is 22.7. The van der Waals surface area contributed by atoms with E-state index in [1.54, 1.807) is 6.20 Å². The minimum Gasteiger partial charge on any atom is -0.487 e. The SMILES string of the molecule is CC(=O)N[C@@H](CC(C)C)C(=O)NC[C@H]1Cc2cc(F)cc(-c3nc(C)cnc3C)c2O1. The molecule has 0 saturated heterocycles. The van der Waals surface area contributed by atoms with Gasteiger partial charge in [-0.1, -0.05) is 13.8 Å². The number of nitrogens with zero attached hydrogens (tertiary/aromatic N) is 2. The van der Waals surface area contributed by atoms with Crippen LogP contribution in [-0.4, -0.2) is 40.5 Å². The molecule has 2 aromatic rings. The summed E-state index contributed by atoms with van der Waals surface area (Å²) in [6.07, 6.45) is 2.33. The van der Waals surface area contributed by atoms with Gasteiger partial charge < -0.3 is 15.4 Å². The number of aromatic nitrogens is 2. The van der Waals surface area contributed by atoms with Crippen LogP contribution in [0, 0.1) is 25.6 Å². The largest absolute Gasteiger partial charge is 0.487 e. The van der Waals surface area contributed by atoms with Crippen molar-refractivity contribution in [3.05, 3.63) is 41.1 Å². The molecule has 1 aromatic carbocycles. The predicted molar refractivity (Wildman–Crippen MR) is 115 cm³/mol. The molecule has 1 aliphatic heterocycles. The maximum Gasteiger partial charge on any atom is 0.242 e. The molecule has 0 saturated carbocycles. The van der Waals surface area contributed by atoms with E-state index in [0.29, 0.717) is 35.5 Å². The van der Waals surface area contributed by atoms with E-state index >= 15 is 0 Å². The minimum atomic E-state index is -0.598. The molecule has 1 aliphatic rings. The molecule has 2 N–H and O–H groups in total. The lowest BCUT2D eigenvalue weighted by atomic mass is 10.0. The lowest BCUT2D eigenvalue weighted by molar-refractivity contribution is -0.128. The van der Waals surface area contributed by atoms with E-state index < -0.39 is 6.04 Å². The summed E-state index contributed by atoms with van der Waals surface area (Å²) in [5, 5.41) is 5.56. The summed E-state index contributed by atoms with van der Waals surface area (Å²) in [6.45, 7) is 9.28. The molecule has 2 heterocycles. The van der Waals surface area contributed by atoms with E-state index in [1.807, 2.05) is 27.7 Å². The smallest absolute Gasteiger partial charge is 0.242 e. The number of halogens is 1. The van der Waals surface area contributed by atoms with Crippen LogP contribution in [0.1, 0.15) is 44.1 Å². The number of fused-ring (bicyclic) bond motifs is 1. The van der Waals surface area contributed by atoms with Gasteiger partial charge in [0, 0.05) is 30.7 Å². The van der Waals surface area contributed by atoms with E-state index in [9.17, 15) is 14.0 Å². The predicted octanol–water partition coefficient (Wildman–Crippen LogP) is 2.87. The fourth-order valence-corrected chi connectivity index (χ4v) is 3.76. The maximum absolute atomic E-state index is 14.3. The average Bonchev–Trinajstić information content (AvgIpc) is 3.08. The van der Waals surface area contributed by atoms with Crippen molar-refractivity contribution < 1.29 is 18.7 Å². The molecule has 166 valence electrons. The highest BCUT2D eigenvalue weighted by molar-refractivity contribution is 5.86. The number of carbonyl (C=O) groups is 2. The fraction of sp³-hybridized carbons (Fsp3) is 0.478. The molecule has 3 rings (SSSR count). The zero-order valence-electron chi connectivity index (χ0n) is 18.6. The Labute approximate surface area is 181 Å². The van der Waals surface area contributed by atoms with E-state index in [4.69, 9.17) is 4.74 Å². The van der Waals surface area contributed by atoms with Crippen molar-refractivity contribution in [1.82, 2.24) is 20.6 Å². The summed E-state index contributed by atoms with van der Waals surface area (Å²) >= 11 is 0. The van der Waals surface area contributed by atoms with Crippen molar-refractivity contribution in [2.24, 2.45) is 5.92 Å². The van der Waals surface area contributed by atoms with Gasteiger partial charge in [0.2, 0.25) is 11.8 Å². The highest BCUT2D eigenvalue weighted by Crippen LogP contribution is 2.39. The lowest BCUT2D eigenvalue weighted by Gasteiger charge is -2.20. The van der Waals surface area contributed by atoms with Crippen LogP contribution in [0.3, 0.4) is 0 Å². The van der Waals surface area contributed by atoms with Crippen molar-refractivity contribution in [1.29, 1.82) is 0 Å². The molecule has 2 amide bonds. The number of aryl methyl sites for hydroxylation is 2. The number of ether oxygens (including phenoxy) is 1. The molecule has 0 fully saturated rings. The first-order valence-corrected chi connectivity index (χ1v) is 10.5. The van der Waals surface area contributed by atoms with Gasteiger partial charge in [-0.3, -0.25) is 14.6 Å². The van der Waals surface area contributed by atoms with Gasteiger partial charge in [-0.2, -0.15) is 0 Å². The second-order valence-electron chi connectivity index (χ2n) is 8.46. The third-order valence-corrected chi connectivity index (χ3v) is 5.10. The lowest BCUT2D eigenvalue weighted by Crippen LogP contribution is -2.48. The summed E-state index contributed by atoms with van der Waals surface area (Å²) in [4.78, 5) is 32.9. The molecule has 0 radical (unpaired) electrons. The van der Waals surface area contributed by atoms with Crippen LogP contribution in [0.25, 0.3) is 11.3 Å². The molecule has 8 heteroatoms. The third-order valence-electron chi connectivity index (χ3n) is 5.10. The van der Waals surface area contributed by atoms with Crippen LogP contribution in [0.2, 0.25) is 0 Å². The molecule has 7 nitrogen and oxygen atoms in total. The second kappa shape index (κ2) is 9.41. The van der Waals surface area contributed by atoms with Gasteiger partial charge in [0.25, 0.3) is 0 Å². The molecule has 0 aliphatic carbocycles. The van der Waals surface area contributed by atoms with Crippen LogP contribution < -0.4 is 15.4 Å². The van der Waals surface area contributed by atoms with Crippen molar-refractivity contribution in [2.75, 3.05) is 6.54 Å². The molecule has 0 spiro atoms. The highest BCUT2D eigenvalue weighted by Gasteiger charge is 2.29. The van der Waals surface area contributed by atoms with Gasteiger partial charge in [0.15, 0.2) is 0 Å². The van der Waals surface area contributed by atoms with E-state index in [2.05, 4.69) is 20.6 Å². The fourth-order valence-electron chi connectivity index (χ4n) is 3.76. The monoisotopic (exact) mass is 428 g/mol. The normalized spacial score (nSPS) is 15.9. The Morgan fingerprint density at radius 3 is 2.71 bits per heavy atom. The summed E-state index contributed by atoms with van der Waals surface area (Å²) in [7, 11) is 0. The van der Waals surface area contributed by atoms with E-state index in [1.165, 1.54) is 19.1 Å². The molecule has 2 atom stereocenters. The Balaban J connectivity index is 1.74. The molecular weight excluding hydrogens is 399 g/mol. The number of benzene rings is 1. The maximum atomic E-state index is 14.3. The Bertz CT molecular complexity index is 993. The number of hydrogen-bond acceptors (Lipinski definition) is 5. The van der Waals surface area contributed by atoms with Crippen molar-refractivity contribution in [2.45, 2.75) is 59.6 Å². The van der Waals surface area contributed by atoms with Gasteiger partial charge in [-0.05, 0) is 38.3 Å². The Kier molecular flexibility index (Phi) is 6.87. The number of nitrogens with one attached hydrogen (secondary N) is 2. The van der Waals surface area contributed by atoms with Gasteiger partial charge >= 0.3 is 0 Å². The second-order valence-corrected chi connectivity index (χ2v) is 8.46. The van der Waals surface area contributed by atoms with Gasteiger partial charge in [-0.15, -0.1) is 0 Å². The average molecular weight is 429 g/mol. The van der Waals surface area contributed by atoms with E-state index in [-0.39, 0.29) is 36.2 Å². The molecule has 0 bridgehead atoms. The van der Waals surface area contributed by atoms with Crippen LogP contribution in [0.15, 0.2) is 18.3 Å². The first-order valence-electron chi connectivity index (χ1n) is 10.5. The van der Waals surface area contributed by atoms with E-state index in [0.717, 1.165) is 11.3 Å². The summed E-state index contributed by atoms with van der Waals surface area (Å²) in [5.74, 6) is -0.0502. The number of rotatable bonds is 7. The Hall–Kier alpha value is -3.03. The van der Waals surface area contributed by atoms with Gasteiger partial charge in [0.05, 0.1) is 23.6 Å². The molecule has 31 heavy (non-hydrogen) atoms. The number of hydrogen-bond donors (Lipinski definition) is 2. The topological polar surface area (TPSA) is 93.2 Å². The summed E-state index contributed by atoms with van der Waals surface area (Å²) in [6, 6.07) is 2.27. The molecule has 0 unspecified atom stereocenters. The summed E-state index contributed by atoms with van der Waals surface area (Å²) < 4.78 is 20.4. The third kappa shape index (κ3) is 5.57. The Morgan fingerprint density at radius 2 is 2.03 bits per heavy atom. The van der Waals surface area contributed by atoms with Crippen molar-refractivity contribution >= 4 is 11.8 Å². The quantitative estimate of drug-likeness (QED) is 0.707. The van der Waals surface area contributed by atoms with Crippen LogP contribution in [0.5, 0.6) is 5.75 Å². The number of amides is 2. The van der Waals surface area contributed by atoms with Crippen LogP contribution >= 0.6 is 0 Å². The number of carbonyl (C=O) groups excluding carboxylic acids is 2. The van der Waals surface area contributed by atoms with Crippen molar-refractivity contribution in [3.63, 3.8) is 0 Å². The standard InChI is InChI=1S/C23H29FN4O3/c1-12(2)6-20(28-15(5)29)23(30)26-11-18-8-16-7-17(24)9-19(22(16)31-18)21-14(4)25-10-13(3)27-21/h7,9-10,12,18,20H,6,8,11H2,1-5H3,(H,26,30)(H,28,29)/t18-,20+/m1/s1. The van der Waals surface area contributed by atoms with Crippen LogP contribution in [-0.2, 0) is 16.0 Å². The zero-order chi connectivity index (χ0) is 22.7. The first-order chi connectivity index (χ1) is 14.6. The van der Waals surface area contributed by atoms with Crippen molar-refractivity contribution in [3.8, 4) is 17.0 Å². The van der Waals surface area contributed by atoms with Gasteiger partial charge in [-0.25, -0.2) is 9.37 Å². The molecule has 1 aromatic heterocycles. The van der Waals surface area contributed by atoms with Crippen LogP contribution in [0.4, 0.5) is 4.39 Å². The van der Waals surface area contributed by atoms with Gasteiger partial charge in [0.1, 0.15) is 23.7 Å². The Morgan fingerprint density at radius 1 is 1.29 bits per heavy atom.